The Balaban J connectivity index is 1.70. The maximum Gasteiger partial charge on any atom is 0.338 e. The van der Waals surface area contributed by atoms with Gasteiger partial charge in [0.2, 0.25) is 11.5 Å². The molecule has 2 N–H and O–H groups in total. The van der Waals surface area contributed by atoms with Crippen molar-refractivity contribution in [3.05, 3.63) is 35.4 Å². The summed E-state index contributed by atoms with van der Waals surface area (Å²) in [4.78, 5) is 24.5. The minimum atomic E-state index is -0.551. The minimum absolute atomic E-state index is 0.116. The van der Waals surface area contributed by atoms with E-state index in [0.717, 1.165) is 12.8 Å². The van der Waals surface area contributed by atoms with E-state index in [1.165, 1.54) is 52.7 Å². The number of phenols is 2. The number of hydrogen-bond donors (Lipinski definition) is 2. The minimum Gasteiger partial charge on any atom is -0.502 e. The summed E-state index contributed by atoms with van der Waals surface area (Å²) < 4.78 is 30.7. The molecule has 0 saturated carbocycles. The second kappa shape index (κ2) is 13.0. The largest absolute Gasteiger partial charge is 0.502 e. The first kappa shape index (κ1) is 26.4. The quantitative estimate of drug-likeness (QED) is 0.325. The molecule has 0 fully saturated rings. The van der Waals surface area contributed by atoms with Gasteiger partial charge in [-0.3, -0.25) is 0 Å². The topological polar surface area (TPSA) is 130 Å². The van der Waals surface area contributed by atoms with Gasteiger partial charge < -0.3 is 38.6 Å². The van der Waals surface area contributed by atoms with Gasteiger partial charge in [-0.15, -0.1) is 0 Å². The van der Waals surface area contributed by atoms with Crippen LogP contribution >= 0.6 is 0 Å². The highest BCUT2D eigenvalue weighted by molar-refractivity contribution is 5.91. The molecule has 2 rings (SSSR count). The zero-order valence-corrected chi connectivity index (χ0v) is 19.7. The fourth-order valence-corrected chi connectivity index (χ4v) is 3.08. The van der Waals surface area contributed by atoms with Crippen molar-refractivity contribution in [2.75, 3.05) is 41.7 Å². The summed E-state index contributed by atoms with van der Waals surface area (Å²) in [5.74, 6) is -1.02. The molecule has 0 heterocycles. The molecule has 0 aliphatic carbocycles. The summed E-state index contributed by atoms with van der Waals surface area (Å²) in [6.45, 7) is 0.439. The first-order valence-electron chi connectivity index (χ1n) is 10.6. The number of methoxy groups -OCH3 is 4. The zero-order chi connectivity index (χ0) is 25.1. The second-order valence-electron chi connectivity index (χ2n) is 7.14. The van der Waals surface area contributed by atoms with Crippen molar-refractivity contribution in [3.63, 3.8) is 0 Å². The average molecular weight is 478 g/mol. The molecule has 2 aromatic rings. The van der Waals surface area contributed by atoms with Gasteiger partial charge in [0.1, 0.15) is 0 Å². The molecule has 0 spiro atoms. The van der Waals surface area contributed by atoms with Crippen LogP contribution in [0.15, 0.2) is 24.3 Å². The van der Waals surface area contributed by atoms with Crippen molar-refractivity contribution >= 4 is 11.9 Å². The van der Waals surface area contributed by atoms with Crippen LogP contribution in [-0.4, -0.2) is 63.8 Å². The van der Waals surface area contributed by atoms with Crippen molar-refractivity contribution in [2.45, 2.75) is 25.7 Å². The lowest BCUT2D eigenvalue weighted by Crippen LogP contribution is -2.08. The predicted molar refractivity (Wildman–Crippen MR) is 121 cm³/mol. The van der Waals surface area contributed by atoms with Crippen LogP contribution in [0.5, 0.6) is 34.5 Å². The van der Waals surface area contributed by atoms with Crippen LogP contribution in [0.4, 0.5) is 0 Å². The Morgan fingerprint density at radius 2 is 0.882 bits per heavy atom. The van der Waals surface area contributed by atoms with E-state index in [-0.39, 0.29) is 58.8 Å². The van der Waals surface area contributed by atoms with E-state index in [4.69, 9.17) is 28.4 Å². The lowest BCUT2D eigenvalue weighted by atomic mass is 10.1. The molecule has 10 nitrogen and oxygen atoms in total. The molecule has 2 aromatic carbocycles. The predicted octanol–water partition coefficient (Wildman–Crippen LogP) is 3.71. The van der Waals surface area contributed by atoms with Crippen LogP contribution in [0.2, 0.25) is 0 Å². The van der Waals surface area contributed by atoms with Gasteiger partial charge in [-0.1, -0.05) is 0 Å². The van der Waals surface area contributed by atoms with Crippen molar-refractivity contribution in [1.82, 2.24) is 0 Å². The molecule has 10 heteroatoms. The van der Waals surface area contributed by atoms with Crippen LogP contribution < -0.4 is 18.9 Å². The van der Waals surface area contributed by atoms with Crippen molar-refractivity contribution in [1.29, 1.82) is 0 Å². The Hall–Kier alpha value is -3.82. The van der Waals surface area contributed by atoms with E-state index in [0.29, 0.717) is 12.8 Å². The summed E-state index contributed by atoms with van der Waals surface area (Å²) in [6, 6.07) is 5.53. The van der Waals surface area contributed by atoms with E-state index < -0.39 is 11.9 Å². The van der Waals surface area contributed by atoms with Gasteiger partial charge in [-0.25, -0.2) is 9.59 Å². The highest BCUT2D eigenvalue weighted by Gasteiger charge is 2.17. The van der Waals surface area contributed by atoms with Crippen LogP contribution in [0, 0.1) is 0 Å². The summed E-state index contributed by atoms with van der Waals surface area (Å²) in [5, 5.41) is 19.8. The van der Waals surface area contributed by atoms with Crippen molar-refractivity contribution in [3.8, 4) is 34.5 Å². The van der Waals surface area contributed by atoms with Crippen LogP contribution in [0.1, 0.15) is 46.4 Å². The molecule has 186 valence electrons. The number of unbranched alkanes of at least 4 members (excludes halogenated alkanes) is 3. The number of hydrogen-bond acceptors (Lipinski definition) is 10. The van der Waals surface area contributed by atoms with E-state index in [1.54, 1.807) is 0 Å². The molecule has 0 radical (unpaired) electrons. The van der Waals surface area contributed by atoms with E-state index in [9.17, 15) is 19.8 Å². The fraction of sp³-hybridized carbons (Fsp3) is 0.417. The zero-order valence-electron chi connectivity index (χ0n) is 19.7. The summed E-state index contributed by atoms with van der Waals surface area (Å²) >= 11 is 0. The number of rotatable bonds is 13. The van der Waals surface area contributed by atoms with Gasteiger partial charge in [0.25, 0.3) is 0 Å². The number of benzene rings is 2. The van der Waals surface area contributed by atoms with E-state index >= 15 is 0 Å². The van der Waals surface area contributed by atoms with Crippen LogP contribution in [-0.2, 0) is 9.47 Å². The van der Waals surface area contributed by atoms with Gasteiger partial charge in [-0.2, -0.15) is 0 Å². The number of carbonyl (C=O) groups is 2. The first-order chi connectivity index (χ1) is 16.4. The highest BCUT2D eigenvalue weighted by Crippen LogP contribution is 2.38. The SMILES string of the molecule is COc1cc(C(=O)OCCCCCCOC(=O)c2cc(OC)c(O)c(OC)c2)cc(OC)c1O. The number of phenolic OH excluding ortho intramolecular Hbond substituents is 2. The molecule has 0 saturated heterocycles. The maximum absolute atomic E-state index is 12.2. The van der Waals surface area contributed by atoms with Gasteiger partial charge in [0, 0.05) is 0 Å². The molecule has 0 aromatic heterocycles. The molecule has 0 amide bonds. The van der Waals surface area contributed by atoms with Crippen LogP contribution in [0.25, 0.3) is 0 Å². The molecule has 0 atom stereocenters. The normalized spacial score (nSPS) is 10.4. The summed E-state index contributed by atoms with van der Waals surface area (Å²) in [7, 11) is 5.50. The van der Waals surface area contributed by atoms with Gasteiger partial charge in [0.15, 0.2) is 23.0 Å². The van der Waals surface area contributed by atoms with E-state index in [2.05, 4.69) is 0 Å². The molecule has 0 aliphatic rings. The maximum atomic E-state index is 12.2. The summed E-state index contributed by atoms with van der Waals surface area (Å²) in [6.07, 6.45) is 2.82. The molecule has 34 heavy (non-hydrogen) atoms. The average Bonchev–Trinajstić information content (AvgIpc) is 2.85. The van der Waals surface area contributed by atoms with Gasteiger partial charge in [0.05, 0.1) is 52.8 Å². The lowest BCUT2D eigenvalue weighted by molar-refractivity contribution is 0.0473. The van der Waals surface area contributed by atoms with Crippen molar-refractivity contribution < 1.29 is 48.2 Å². The second-order valence-corrected chi connectivity index (χ2v) is 7.14. The first-order valence-corrected chi connectivity index (χ1v) is 10.6. The molecule has 0 unspecified atom stereocenters. The number of carbonyl (C=O) groups excluding carboxylic acids is 2. The third kappa shape index (κ3) is 6.84. The summed E-state index contributed by atoms with van der Waals surface area (Å²) in [5.41, 5.74) is 0.418. The lowest BCUT2D eigenvalue weighted by Gasteiger charge is -2.11. The molecule has 0 aliphatic heterocycles. The monoisotopic (exact) mass is 478 g/mol. The number of esters is 2. The Labute approximate surface area is 197 Å². The highest BCUT2D eigenvalue weighted by atomic mass is 16.5. The Morgan fingerprint density at radius 3 is 1.15 bits per heavy atom. The number of ether oxygens (including phenoxy) is 6. The van der Waals surface area contributed by atoms with Crippen molar-refractivity contribution in [2.24, 2.45) is 0 Å². The molecule has 0 bridgehead atoms. The number of aromatic hydroxyl groups is 2. The molecular formula is C24H30O10. The molecular weight excluding hydrogens is 448 g/mol. The van der Waals surface area contributed by atoms with Crippen LogP contribution in [0.3, 0.4) is 0 Å². The Kier molecular flexibility index (Phi) is 10.1. The Morgan fingerprint density at radius 1 is 0.588 bits per heavy atom. The third-order valence-corrected chi connectivity index (χ3v) is 4.94. The fourth-order valence-electron chi connectivity index (χ4n) is 3.08. The Bertz CT molecular complexity index is 856. The standard InChI is InChI=1S/C24H30O10/c1-29-17-11-15(12-18(30-2)21(17)25)23(27)33-9-7-5-6-8-10-34-24(28)16-13-19(31-3)22(26)20(14-16)32-4/h11-14,25-26H,5-10H2,1-4H3. The smallest absolute Gasteiger partial charge is 0.338 e. The van der Waals surface area contributed by atoms with Gasteiger partial charge >= 0.3 is 11.9 Å². The van der Waals surface area contributed by atoms with E-state index in [1.807, 2.05) is 0 Å². The van der Waals surface area contributed by atoms with Gasteiger partial charge in [-0.05, 0) is 49.9 Å². The third-order valence-electron chi connectivity index (χ3n) is 4.94.